The van der Waals surface area contributed by atoms with Gasteiger partial charge in [-0.2, -0.15) is 16.8 Å². The number of thioether (sulfide) groups is 1. The van der Waals surface area contributed by atoms with E-state index >= 15 is 0 Å². The maximum Gasteiger partial charge on any atom is 0.318 e. The lowest BCUT2D eigenvalue weighted by molar-refractivity contribution is -0.394. The van der Waals surface area contributed by atoms with E-state index in [2.05, 4.69) is 30.7 Å². The number of hydrogen-bond acceptors (Lipinski definition) is 17. The van der Waals surface area contributed by atoms with Crippen molar-refractivity contribution in [1.29, 1.82) is 0 Å². The van der Waals surface area contributed by atoms with Crippen LogP contribution in [0, 0.1) is 37.3 Å². The van der Waals surface area contributed by atoms with Gasteiger partial charge in [-0.25, -0.2) is 0 Å². The molecule has 1 N–H and O–H groups in total. The first-order valence-corrected chi connectivity index (χ1v) is 14.9. The number of aromatic nitrogens is 4. The fourth-order valence-corrected chi connectivity index (χ4v) is 5.84. The summed E-state index contributed by atoms with van der Waals surface area (Å²) in [4.78, 5) is 35.2. The molecule has 0 aliphatic heterocycles. The lowest BCUT2D eigenvalue weighted by atomic mass is 10.2. The molecule has 0 atom stereocenters. The molecular formula is C23H21N9O8S3. The van der Waals surface area contributed by atoms with Crippen LogP contribution in [0.15, 0.2) is 41.4 Å². The number of nitro groups is 3. The van der Waals surface area contributed by atoms with E-state index in [9.17, 15) is 30.3 Å². The average molecular weight is 648 g/mol. The summed E-state index contributed by atoms with van der Waals surface area (Å²) < 4.78 is 10.7. The summed E-state index contributed by atoms with van der Waals surface area (Å²) in [6.07, 6.45) is 2.32. The Hall–Kier alpha value is -4.82. The maximum absolute atomic E-state index is 11.2. The molecule has 0 spiro atoms. The minimum atomic E-state index is -0.780. The zero-order valence-electron chi connectivity index (χ0n) is 22.1. The third kappa shape index (κ3) is 9.08. The number of non-ortho nitro benzene ring substituents is 1. The normalized spacial score (nSPS) is 11.0. The summed E-state index contributed by atoms with van der Waals surface area (Å²) in [6, 6.07) is 7.78. The summed E-state index contributed by atoms with van der Waals surface area (Å²) in [5.74, 6) is 1.55. The molecule has 0 fully saturated rings. The zero-order valence-corrected chi connectivity index (χ0v) is 24.6. The third-order valence-electron chi connectivity index (χ3n) is 5.30. The molecule has 0 saturated carbocycles. The highest BCUT2D eigenvalue weighted by Gasteiger charge is 2.20. The van der Waals surface area contributed by atoms with Crippen molar-refractivity contribution in [2.75, 3.05) is 23.6 Å². The van der Waals surface area contributed by atoms with Gasteiger partial charge in [0, 0.05) is 25.0 Å². The molecule has 17 nitrogen and oxygen atoms in total. The third-order valence-corrected chi connectivity index (χ3v) is 8.12. The van der Waals surface area contributed by atoms with Gasteiger partial charge in [-0.15, -0.1) is 20.4 Å². The van der Waals surface area contributed by atoms with Gasteiger partial charge in [-0.05, 0) is 36.1 Å². The topological polar surface area (TPSA) is 224 Å². The number of anilines is 1. The second kappa shape index (κ2) is 14.9. The average Bonchev–Trinajstić information content (AvgIpc) is 3.63. The van der Waals surface area contributed by atoms with Crippen LogP contribution in [0.25, 0.3) is 0 Å². The van der Waals surface area contributed by atoms with Gasteiger partial charge in [0.1, 0.15) is 10.0 Å². The van der Waals surface area contributed by atoms with Crippen LogP contribution in [0.5, 0.6) is 11.5 Å². The number of nitrogens with zero attached hydrogens (tertiary/aromatic N) is 8. The number of aryl methyl sites for hydroxylation is 3. The monoisotopic (exact) mass is 647 g/mol. The molecule has 2 aromatic carbocycles. The van der Waals surface area contributed by atoms with Crippen LogP contribution < -0.4 is 14.8 Å². The Morgan fingerprint density at radius 1 is 0.884 bits per heavy atom. The number of hydrogen-bond donors (Lipinski definition) is 1. The number of ether oxygens (including phenoxy) is 2. The molecule has 0 aliphatic carbocycles. The SMILES string of the molecule is Cc1ccc(OCNc2nnc(CCSCCc3nnc(/N=C\Oc4ccc([N+](=O)[O-])cc4[N+](=O)[O-])s3)s2)c([N+](=O)[O-])c1. The molecule has 0 unspecified atom stereocenters. The Labute approximate surface area is 254 Å². The van der Waals surface area contributed by atoms with Gasteiger partial charge in [-0.3, -0.25) is 30.3 Å². The number of benzene rings is 2. The first kappa shape index (κ1) is 31.1. The molecule has 43 heavy (non-hydrogen) atoms. The standard InChI is InChI=1S/C23H21N9O8S3/c1-14-2-4-18(16(10-14)31(35)36)39-12-24-22-28-26-20(42-22)6-8-41-9-7-21-27-29-23(43-21)25-13-40-19-5-3-15(30(33)34)11-17(19)32(37)38/h2-5,10-11,13H,6-9,12H2,1H3,(H,24,28)/b25-13-. The maximum atomic E-state index is 11.2. The largest absolute Gasteiger partial charge is 0.466 e. The van der Waals surface area contributed by atoms with Crippen LogP contribution in [0.4, 0.5) is 27.3 Å². The van der Waals surface area contributed by atoms with Crippen LogP contribution in [-0.4, -0.2) is 59.8 Å². The van der Waals surface area contributed by atoms with Gasteiger partial charge < -0.3 is 14.8 Å². The second-order valence-electron chi connectivity index (χ2n) is 8.30. The smallest absolute Gasteiger partial charge is 0.318 e. The van der Waals surface area contributed by atoms with E-state index in [4.69, 9.17) is 9.47 Å². The van der Waals surface area contributed by atoms with Gasteiger partial charge >= 0.3 is 11.4 Å². The Kier molecular flexibility index (Phi) is 10.8. The van der Waals surface area contributed by atoms with E-state index < -0.39 is 26.1 Å². The van der Waals surface area contributed by atoms with E-state index in [1.807, 2.05) is 0 Å². The van der Waals surface area contributed by atoms with E-state index in [-0.39, 0.29) is 23.9 Å². The number of aliphatic imine (C=N–C) groups is 1. The Morgan fingerprint density at radius 3 is 2.28 bits per heavy atom. The van der Waals surface area contributed by atoms with E-state index in [1.54, 1.807) is 30.8 Å². The van der Waals surface area contributed by atoms with E-state index in [1.165, 1.54) is 28.7 Å². The molecule has 0 radical (unpaired) electrons. The first-order valence-electron chi connectivity index (χ1n) is 12.2. The Bertz CT molecular complexity index is 1650. The van der Waals surface area contributed by atoms with Crippen molar-refractivity contribution >= 4 is 68.2 Å². The van der Waals surface area contributed by atoms with Gasteiger partial charge in [0.25, 0.3) is 5.69 Å². The lowest BCUT2D eigenvalue weighted by Crippen LogP contribution is -2.09. The predicted molar refractivity (Wildman–Crippen MR) is 160 cm³/mol. The van der Waals surface area contributed by atoms with E-state index in [0.29, 0.717) is 23.1 Å². The molecule has 0 aliphatic rings. The first-order chi connectivity index (χ1) is 20.7. The molecule has 224 valence electrons. The molecule has 0 amide bonds. The van der Waals surface area contributed by atoms with Gasteiger partial charge in [0.2, 0.25) is 16.0 Å². The van der Waals surface area contributed by atoms with Crippen molar-refractivity contribution < 1.29 is 24.2 Å². The van der Waals surface area contributed by atoms with Crippen molar-refractivity contribution in [2.24, 2.45) is 4.99 Å². The molecule has 0 saturated heterocycles. The van der Waals surface area contributed by atoms with Crippen LogP contribution in [0.2, 0.25) is 0 Å². The fourth-order valence-electron chi connectivity index (χ4n) is 3.30. The summed E-state index contributed by atoms with van der Waals surface area (Å²) in [7, 11) is 0. The second-order valence-corrected chi connectivity index (χ2v) is 11.6. The molecule has 2 heterocycles. The van der Waals surface area contributed by atoms with Gasteiger partial charge in [0.05, 0.1) is 20.8 Å². The van der Waals surface area contributed by atoms with Crippen LogP contribution in [-0.2, 0) is 12.8 Å². The van der Waals surface area contributed by atoms with Crippen molar-refractivity contribution in [3.63, 3.8) is 0 Å². The van der Waals surface area contributed by atoms with Crippen LogP contribution >= 0.6 is 34.4 Å². The fraction of sp³-hybridized carbons (Fsp3) is 0.261. The van der Waals surface area contributed by atoms with Crippen LogP contribution in [0.1, 0.15) is 15.6 Å². The zero-order chi connectivity index (χ0) is 30.8. The highest BCUT2D eigenvalue weighted by Crippen LogP contribution is 2.31. The molecule has 4 aromatic rings. The minimum Gasteiger partial charge on any atom is -0.466 e. The lowest BCUT2D eigenvalue weighted by Gasteiger charge is -2.07. The number of nitrogens with one attached hydrogen (secondary N) is 1. The number of nitro benzene ring substituents is 3. The van der Waals surface area contributed by atoms with Crippen molar-refractivity contribution in [3.05, 3.63) is 82.3 Å². The van der Waals surface area contributed by atoms with Crippen LogP contribution in [0.3, 0.4) is 0 Å². The van der Waals surface area contributed by atoms with Gasteiger partial charge in [-0.1, -0.05) is 28.7 Å². The van der Waals surface area contributed by atoms with Crippen molar-refractivity contribution in [2.45, 2.75) is 19.8 Å². The molecular weight excluding hydrogens is 627 g/mol. The summed E-state index contributed by atoms with van der Waals surface area (Å²) in [6.45, 7) is 1.77. The Balaban J connectivity index is 1.15. The predicted octanol–water partition coefficient (Wildman–Crippen LogP) is 5.13. The Morgan fingerprint density at radius 2 is 1.56 bits per heavy atom. The molecule has 2 aromatic heterocycles. The summed E-state index contributed by atoms with van der Waals surface area (Å²) in [5, 5.41) is 54.8. The van der Waals surface area contributed by atoms with E-state index in [0.717, 1.165) is 51.7 Å². The van der Waals surface area contributed by atoms with Gasteiger partial charge in [0.15, 0.2) is 18.9 Å². The molecule has 4 rings (SSSR count). The van der Waals surface area contributed by atoms with Crippen molar-refractivity contribution in [1.82, 2.24) is 20.4 Å². The molecule has 20 heteroatoms. The molecule has 0 bridgehead atoms. The number of rotatable bonds is 16. The quantitative estimate of drug-likeness (QED) is 0.0416. The summed E-state index contributed by atoms with van der Waals surface area (Å²) >= 11 is 4.31. The summed E-state index contributed by atoms with van der Waals surface area (Å²) in [5.41, 5.74) is -0.321. The highest BCUT2D eigenvalue weighted by molar-refractivity contribution is 7.99. The highest BCUT2D eigenvalue weighted by atomic mass is 32.2. The minimum absolute atomic E-state index is 0.00422. The van der Waals surface area contributed by atoms with Crippen molar-refractivity contribution in [3.8, 4) is 11.5 Å².